The Labute approximate surface area is 107 Å². The van der Waals surface area contributed by atoms with Gasteiger partial charge in [-0.05, 0) is 28.1 Å². The zero-order chi connectivity index (χ0) is 12.3. The van der Waals surface area contributed by atoms with E-state index in [9.17, 15) is 0 Å². The van der Waals surface area contributed by atoms with Crippen LogP contribution in [-0.4, -0.2) is 24.4 Å². The maximum absolute atomic E-state index is 5.46. The van der Waals surface area contributed by atoms with E-state index in [-0.39, 0.29) is 0 Å². The van der Waals surface area contributed by atoms with Gasteiger partial charge >= 0.3 is 0 Å². The van der Waals surface area contributed by atoms with E-state index in [2.05, 4.69) is 26.1 Å². The minimum Gasteiger partial charge on any atom is -0.495 e. The van der Waals surface area contributed by atoms with E-state index in [1.165, 1.54) is 0 Å². The van der Waals surface area contributed by atoms with Crippen molar-refractivity contribution in [1.82, 2.24) is 10.2 Å². The molecule has 0 aliphatic heterocycles. The Morgan fingerprint density at radius 3 is 2.82 bits per heavy atom. The lowest BCUT2D eigenvalue weighted by Gasteiger charge is -2.06. The van der Waals surface area contributed by atoms with Gasteiger partial charge in [-0.2, -0.15) is 0 Å². The Morgan fingerprint density at radius 1 is 1.29 bits per heavy atom. The summed E-state index contributed by atoms with van der Waals surface area (Å²) >= 11 is 3.40. The predicted molar refractivity (Wildman–Crippen MR) is 64.7 cm³/mol. The number of aromatic nitrogens is 2. The third-order valence-corrected chi connectivity index (χ3v) is 2.76. The zero-order valence-corrected chi connectivity index (χ0v) is 11.0. The molecule has 0 atom stereocenters. The van der Waals surface area contributed by atoms with Crippen LogP contribution < -0.4 is 4.74 Å². The second kappa shape index (κ2) is 5.29. The monoisotopic (exact) mass is 298 g/mol. The topological polar surface area (TPSA) is 57.4 Å². The SMILES string of the molecule is COCc1nnc(-c2cccc(Br)c2OC)o1. The van der Waals surface area contributed by atoms with Crippen LogP contribution in [0.15, 0.2) is 27.1 Å². The number of halogens is 1. The van der Waals surface area contributed by atoms with Gasteiger partial charge in [-0.1, -0.05) is 6.07 Å². The molecule has 0 unspecified atom stereocenters. The Balaban J connectivity index is 2.41. The fourth-order valence-electron chi connectivity index (χ4n) is 1.43. The average Bonchev–Trinajstić information content (AvgIpc) is 2.78. The number of ether oxygens (including phenoxy) is 2. The Bertz CT molecular complexity index is 513. The summed E-state index contributed by atoms with van der Waals surface area (Å²) in [5.41, 5.74) is 0.747. The van der Waals surface area contributed by atoms with E-state index >= 15 is 0 Å². The predicted octanol–water partition coefficient (Wildman–Crippen LogP) is 2.65. The normalized spacial score (nSPS) is 10.5. The van der Waals surface area contributed by atoms with E-state index in [0.717, 1.165) is 10.0 Å². The Kier molecular flexibility index (Phi) is 3.75. The minimum absolute atomic E-state index is 0.295. The number of hydrogen-bond acceptors (Lipinski definition) is 5. The summed E-state index contributed by atoms with van der Waals surface area (Å²) < 4.78 is 16.5. The molecule has 5 nitrogen and oxygen atoms in total. The molecular formula is C11H11BrN2O3. The molecule has 17 heavy (non-hydrogen) atoms. The molecule has 0 fully saturated rings. The van der Waals surface area contributed by atoms with E-state index in [1.54, 1.807) is 14.2 Å². The summed E-state index contributed by atoms with van der Waals surface area (Å²) in [5, 5.41) is 7.83. The summed E-state index contributed by atoms with van der Waals surface area (Å²) in [4.78, 5) is 0. The Hall–Kier alpha value is -1.40. The first-order valence-electron chi connectivity index (χ1n) is 4.90. The summed E-state index contributed by atoms with van der Waals surface area (Å²) in [6.45, 7) is 0.295. The van der Waals surface area contributed by atoms with Crippen LogP contribution in [0.2, 0.25) is 0 Å². The molecule has 2 aromatic rings. The largest absolute Gasteiger partial charge is 0.495 e. The molecule has 1 heterocycles. The lowest BCUT2D eigenvalue weighted by atomic mass is 10.2. The minimum atomic E-state index is 0.295. The molecule has 0 aliphatic carbocycles. The third kappa shape index (κ3) is 2.48. The lowest BCUT2D eigenvalue weighted by Crippen LogP contribution is -1.89. The smallest absolute Gasteiger partial charge is 0.251 e. The number of nitrogens with zero attached hydrogens (tertiary/aromatic N) is 2. The number of hydrogen-bond donors (Lipinski definition) is 0. The molecule has 0 amide bonds. The van der Waals surface area contributed by atoms with Gasteiger partial charge in [0.05, 0.1) is 17.1 Å². The van der Waals surface area contributed by atoms with Gasteiger partial charge in [-0.3, -0.25) is 0 Å². The van der Waals surface area contributed by atoms with Crippen LogP contribution in [0.25, 0.3) is 11.5 Å². The van der Waals surface area contributed by atoms with Gasteiger partial charge in [-0.25, -0.2) is 0 Å². The van der Waals surface area contributed by atoms with Crippen molar-refractivity contribution in [2.24, 2.45) is 0 Å². The standard InChI is InChI=1S/C11H11BrN2O3/c1-15-6-9-13-14-11(17-9)7-4-3-5-8(12)10(7)16-2/h3-5H,6H2,1-2H3. The van der Waals surface area contributed by atoms with Crippen LogP contribution in [-0.2, 0) is 11.3 Å². The molecule has 0 spiro atoms. The van der Waals surface area contributed by atoms with Crippen molar-refractivity contribution >= 4 is 15.9 Å². The second-order valence-electron chi connectivity index (χ2n) is 3.25. The molecule has 2 rings (SSSR count). The van der Waals surface area contributed by atoms with E-state index in [4.69, 9.17) is 13.9 Å². The van der Waals surface area contributed by atoms with Gasteiger partial charge in [-0.15, -0.1) is 10.2 Å². The van der Waals surface area contributed by atoms with Crippen LogP contribution in [0.4, 0.5) is 0 Å². The zero-order valence-electron chi connectivity index (χ0n) is 9.44. The molecule has 0 N–H and O–H groups in total. The van der Waals surface area contributed by atoms with Crippen LogP contribution in [0.5, 0.6) is 5.75 Å². The first-order valence-corrected chi connectivity index (χ1v) is 5.69. The van der Waals surface area contributed by atoms with Crippen molar-refractivity contribution < 1.29 is 13.9 Å². The molecule has 0 aliphatic rings. The maximum atomic E-state index is 5.46. The van der Waals surface area contributed by atoms with E-state index in [1.807, 2.05) is 18.2 Å². The van der Waals surface area contributed by atoms with Gasteiger partial charge < -0.3 is 13.9 Å². The summed E-state index contributed by atoms with van der Waals surface area (Å²) in [5.74, 6) is 1.51. The highest BCUT2D eigenvalue weighted by Crippen LogP contribution is 2.35. The molecule has 90 valence electrons. The van der Waals surface area contributed by atoms with E-state index in [0.29, 0.717) is 24.1 Å². The van der Waals surface area contributed by atoms with Crippen LogP contribution >= 0.6 is 15.9 Å². The lowest BCUT2D eigenvalue weighted by molar-refractivity contribution is 0.160. The van der Waals surface area contributed by atoms with Crippen molar-refractivity contribution in [3.63, 3.8) is 0 Å². The fourth-order valence-corrected chi connectivity index (χ4v) is 1.96. The molecule has 0 bridgehead atoms. The third-order valence-electron chi connectivity index (χ3n) is 2.14. The highest BCUT2D eigenvalue weighted by atomic mass is 79.9. The molecule has 0 radical (unpaired) electrons. The van der Waals surface area contributed by atoms with Gasteiger partial charge in [0, 0.05) is 7.11 Å². The van der Waals surface area contributed by atoms with Crippen molar-refractivity contribution in [3.8, 4) is 17.2 Å². The summed E-state index contributed by atoms with van der Waals surface area (Å²) in [6.07, 6.45) is 0. The average molecular weight is 299 g/mol. The first-order chi connectivity index (χ1) is 8.26. The number of methoxy groups -OCH3 is 2. The summed E-state index contributed by atoms with van der Waals surface area (Å²) in [6, 6.07) is 5.62. The number of rotatable bonds is 4. The molecule has 0 saturated heterocycles. The fraction of sp³-hybridized carbons (Fsp3) is 0.273. The van der Waals surface area contributed by atoms with Gasteiger partial charge in [0.25, 0.3) is 5.89 Å². The molecule has 1 aromatic heterocycles. The van der Waals surface area contributed by atoms with E-state index < -0.39 is 0 Å². The highest BCUT2D eigenvalue weighted by Gasteiger charge is 2.15. The molecule has 0 saturated carbocycles. The maximum Gasteiger partial charge on any atom is 0.251 e. The number of benzene rings is 1. The molecule has 6 heteroatoms. The van der Waals surface area contributed by atoms with Gasteiger partial charge in [0.1, 0.15) is 12.4 Å². The second-order valence-corrected chi connectivity index (χ2v) is 4.11. The van der Waals surface area contributed by atoms with Crippen LogP contribution in [0.3, 0.4) is 0 Å². The number of para-hydroxylation sites is 1. The van der Waals surface area contributed by atoms with Crippen LogP contribution in [0, 0.1) is 0 Å². The molecule has 1 aromatic carbocycles. The van der Waals surface area contributed by atoms with Crippen LogP contribution in [0.1, 0.15) is 5.89 Å². The quantitative estimate of drug-likeness (QED) is 0.868. The Morgan fingerprint density at radius 2 is 2.12 bits per heavy atom. The molecular weight excluding hydrogens is 288 g/mol. The first kappa shape index (κ1) is 12.1. The van der Waals surface area contributed by atoms with Crippen molar-refractivity contribution in [2.75, 3.05) is 14.2 Å². The van der Waals surface area contributed by atoms with Crippen molar-refractivity contribution in [1.29, 1.82) is 0 Å². The van der Waals surface area contributed by atoms with Gasteiger partial charge in [0.2, 0.25) is 5.89 Å². The highest BCUT2D eigenvalue weighted by molar-refractivity contribution is 9.10. The summed E-state index contributed by atoms with van der Waals surface area (Å²) in [7, 11) is 3.17. The van der Waals surface area contributed by atoms with Gasteiger partial charge in [0.15, 0.2) is 0 Å². The van der Waals surface area contributed by atoms with Crippen molar-refractivity contribution in [3.05, 3.63) is 28.6 Å². The van der Waals surface area contributed by atoms with Crippen molar-refractivity contribution in [2.45, 2.75) is 6.61 Å².